The lowest BCUT2D eigenvalue weighted by Crippen LogP contribution is -2.20. The van der Waals surface area contributed by atoms with Crippen LogP contribution in [0.1, 0.15) is 6.92 Å². The minimum absolute atomic E-state index is 0.0403. The van der Waals surface area contributed by atoms with Crippen molar-refractivity contribution in [2.24, 2.45) is 0 Å². The maximum absolute atomic E-state index is 11.4. The van der Waals surface area contributed by atoms with E-state index in [0.717, 1.165) is 5.75 Å². The quantitative estimate of drug-likeness (QED) is 0.772. The summed E-state index contributed by atoms with van der Waals surface area (Å²) < 4.78 is 1.59. The summed E-state index contributed by atoms with van der Waals surface area (Å²) in [5.74, 6) is 0.797. The van der Waals surface area contributed by atoms with E-state index in [9.17, 15) is 4.79 Å². The van der Waals surface area contributed by atoms with Crippen molar-refractivity contribution in [2.75, 3.05) is 18.1 Å². The molecule has 1 aromatic heterocycles. The van der Waals surface area contributed by atoms with Gasteiger partial charge in [0.05, 0.1) is 6.61 Å². The summed E-state index contributed by atoms with van der Waals surface area (Å²) in [7, 11) is 0. The summed E-state index contributed by atoms with van der Waals surface area (Å²) in [6, 6.07) is 3.07. The zero-order chi connectivity index (χ0) is 11.3. The average molecular weight is 228 g/mol. The van der Waals surface area contributed by atoms with Crippen LogP contribution in [0.15, 0.2) is 23.1 Å². The topological polar surface area (TPSA) is 68.2 Å². The van der Waals surface area contributed by atoms with Gasteiger partial charge in [-0.2, -0.15) is 11.8 Å². The Morgan fingerprint density at radius 2 is 2.33 bits per heavy atom. The third-order valence-corrected chi connectivity index (χ3v) is 3.13. The highest BCUT2D eigenvalue weighted by Gasteiger charge is 2.01. The highest BCUT2D eigenvalue weighted by molar-refractivity contribution is 7.99. The Kier molecular flexibility index (Phi) is 4.71. The molecular formula is C10H16N2O2S. The van der Waals surface area contributed by atoms with Gasteiger partial charge in [-0.3, -0.25) is 4.79 Å². The minimum Gasteiger partial charge on any atom is -0.398 e. The summed E-state index contributed by atoms with van der Waals surface area (Å²) in [5.41, 5.74) is 6.13. The SMILES string of the molecule is CC(CO)SCCn1cc(N)ccc1=O. The van der Waals surface area contributed by atoms with Crippen LogP contribution in [0.25, 0.3) is 0 Å². The van der Waals surface area contributed by atoms with Crippen LogP contribution in [0.4, 0.5) is 5.69 Å². The Bertz CT molecular complexity index is 365. The van der Waals surface area contributed by atoms with Crippen molar-refractivity contribution in [1.29, 1.82) is 0 Å². The van der Waals surface area contributed by atoms with Gasteiger partial charge >= 0.3 is 0 Å². The minimum atomic E-state index is -0.0403. The van der Waals surface area contributed by atoms with Gasteiger partial charge < -0.3 is 15.4 Å². The van der Waals surface area contributed by atoms with Gasteiger partial charge in [-0.1, -0.05) is 6.92 Å². The van der Waals surface area contributed by atoms with Crippen molar-refractivity contribution in [3.63, 3.8) is 0 Å². The standard InChI is InChI=1S/C10H16N2O2S/c1-8(7-13)15-5-4-12-6-9(11)2-3-10(12)14/h2-3,6,8,13H,4-5,7,11H2,1H3. The number of nitrogen functional groups attached to an aromatic ring is 1. The first-order valence-corrected chi connectivity index (χ1v) is 5.87. The van der Waals surface area contributed by atoms with E-state index in [1.165, 1.54) is 6.07 Å². The highest BCUT2D eigenvalue weighted by Crippen LogP contribution is 2.09. The van der Waals surface area contributed by atoms with Crippen LogP contribution in [0, 0.1) is 0 Å². The Morgan fingerprint density at radius 1 is 1.60 bits per heavy atom. The molecule has 0 saturated heterocycles. The van der Waals surface area contributed by atoms with E-state index >= 15 is 0 Å². The molecule has 1 atom stereocenters. The smallest absolute Gasteiger partial charge is 0.250 e. The Labute approximate surface area is 93.1 Å². The molecule has 1 heterocycles. The van der Waals surface area contributed by atoms with Gasteiger partial charge in [0.1, 0.15) is 0 Å². The molecule has 0 aliphatic rings. The Hall–Kier alpha value is -0.940. The second-order valence-electron chi connectivity index (χ2n) is 3.36. The van der Waals surface area contributed by atoms with Crippen LogP contribution < -0.4 is 11.3 Å². The molecule has 15 heavy (non-hydrogen) atoms. The van der Waals surface area contributed by atoms with Crippen molar-refractivity contribution in [3.8, 4) is 0 Å². The molecule has 0 spiro atoms. The third kappa shape index (κ3) is 3.97. The lowest BCUT2D eigenvalue weighted by Gasteiger charge is -2.09. The monoisotopic (exact) mass is 228 g/mol. The number of aliphatic hydroxyl groups is 1. The average Bonchev–Trinajstić information content (AvgIpc) is 2.23. The summed E-state index contributed by atoms with van der Waals surface area (Å²) in [6.45, 7) is 2.74. The van der Waals surface area contributed by atoms with E-state index < -0.39 is 0 Å². The fourth-order valence-electron chi connectivity index (χ4n) is 1.13. The lowest BCUT2D eigenvalue weighted by atomic mass is 10.4. The molecule has 0 aliphatic heterocycles. The number of hydrogen-bond donors (Lipinski definition) is 2. The molecule has 1 unspecified atom stereocenters. The van der Waals surface area contributed by atoms with Gasteiger partial charge in [-0.25, -0.2) is 0 Å². The molecule has 4 nitrogen and oxygen atoms in total. The molecule has 0 radical (unpaired) electrons. The zero-order valence-corrected chi connectivity index (χ0v) is 9.54. The molecule has 1 rings (SSSR count). The molecule has 3 N–H and O–H groups in total. The molecule has 0 aromatic carbocycles. The van der Waals surface area contributed by atoms with Gasteiger partial charge in [0.2, 0.25) is 0 Å². The van der Waals surface area contributed by atoms with Crippen molar-refractivity contribution < 1.29 is 5.11 Å². The number of aryl methyl sites for hydroxylation is 1. The van der Waals surface area contributed by atoms with E-state index in [-0.39, 0.29) is 17.4 Å². The maximum Gasteiger partial charge on any atom is 0.250 e. The first kappa shape index (κ1) is 12.1. The molecule has 84 valence electrons. The number of anilines is 1. The first-order chi connectivity index (χ1) is 7.13. The molecular weight excluding hydrogens is 212 g/mol. The normalized spacial score (nSPS) is 12.7. The van der Waals surface area contributed by atoms with Crippen molar-refractivity contribution >= 4 is 17.4 Å². The van der Waals surface area contributed by atoms with Gasteiger partial charge in [-0.05, 0) is 6.07 Å². The number of thioether (sulfide) groups is 1. The largest absolute Gasteiger partial charge is 0.398 e. The molecule has 0 bridgehead atoms. The molecule has 0 saturated carbocycles. The number of hydrogen-bond acceptors (Lipinski definition) is 4. The number of nitrogens with two attached hydrogens (primary N) is 1. The highest BCUT2D eigenvalue weighted by atomic mass is 32.2. The van der Waals surface area contributed by atoms with Gasteiger partial charge in [0.15, 0.2) is 0 Å². The number of pyridine rings is 1. The van der Waals surface area contributed by atoms with E-state index in [4.69, 9.17) is 10.8 Å². The van der Waals surface area contributed by atoms with E-state index in [1.54, 1.807) is 28.6 Å². The Morgan fingerprint density at radius 3 is 3.00 bits per heavy atom. The molecule has 5 heteroatoms. The molecule has 0 aliphatic carbocycles. The zero-order valence-electron chi connectivity index (χ0n) is 8.72. The number of rotatable bonds is 5. The number of aliphatic hydroxyl groups excluding tert-OH is 1. The van der Waals surface area contributed by atoms with Crippen molar-refractivity contribution in [2.45, 2.75) is 18.7 Å². The van der Waals surface area contributed by atoms with Gasteiger partial charge in [0, 0.05) is 35.5 Å². The van der Waals surface area contributed by atoms with Gasteiger partial charge in [-0.15, -0.1) is 0 Å². The van der Waals surface area contributed by atoms with Crippen molar-refractivity contribution in [3.05, 3.63) is 28.7 Å². The summed E-state index contributed by atoms with van der Waals surface area (Å²) in [6.07, 6.45) is 1.65. The van der Waals surface area contributed by atoms with E-state index in [0.29, 0.717) is 12.2 Å². The number of nitrogens with zero attached hydrogens (tertiary/aromatic N) is 1. The first-order valence-electron chi connectivity index (χ1n) is 4.82. The fraction of sp³-hybridized carbons (Fsp3) is 0.500. The van der Waals surface area contributed by atoms with Crippen molar-refractivity contribution in [1.82, 2.24) is 4.57 Å². The van der Waals surface area contributed by atoms with Crippen LogP contribution in [0.2, 0.25) is 0 Å². The maximum atomic E-state index is 11.4. The summed E-state index contributed by atoms with van der Waals surface area (Å²) in [4.78, 5) is 11.4. The second-order valence-corrected chi connectivity index (χ2v) is 4.90. The van der Waals surface area contributed by atoms with E-state index in [1.807, 2.05) is 6.92 Å². The summed E-state index contributed by atoms with van der Waals surface area (Å²) in [5, 5.41) is 9.03. The van der Waals surface area contributed by atoms with Crippen LogP contribution in [0.5, 0.6) is 0 Å². The second kappa shape index (κ2) is 5.82. The van der Waals surface area contributed by atoms with Crippen LogP contribution >= 0.6 is 11.8 Å². The van der Waals surface area contributed by atoms with Gasteiger partial charge in [0.25, 0.3) is 5.56 Å². The fourth-order valence-corrected chi connectivity index (χ4v) is 1.94. The Balaban J connectivity index is 2.50. The van der Waals surface area contributed by atoms with Crippen LogP contribution in [-0.2, 0) is 6.54 Å². The predicted molar refractivity (Wildman–Crippen MR) is 64.1 cm³/mol. The number of aromatic nitrogens is 1. The molecule has 0 fully saturated rings. The van der Waals surface area contributed by atoms with E-state index in [2.05, 4.69) is 0 Å². The predicted octanol–water partition coefficient (Wildman–Crippen LogP) is 0.545. The molecule has 0 amide bonds. The molecule has 1 aromatic rings. The summed E-state index contributed by atoms with van der Waals surface area (Å²) >= 11 is 1.64. The van der Waals surface area contributed by atoms with Crippen LogP contribution in [0.3, 0.4) is 0 Å². The van der Waals surface area contributed by atoms with Crippen LogP contribution in [-0.4, -0.2) is 27.3 Å². The third-order valence-electron chi connectivity index (χ3n) is 2.00. The lowest BCUT2D eigenvalue weighted by molar-refractivity contribution is 0.300.